The molecule has 1 aliphatic rings. The van der Waals surface area contributed by atoms with E-state index < -0.39 is 30.5 Å². The number of aromatic nitrogens is 4. The maximum atomic E-state index is 11.1. The van der Waals surface area contributed by atoms with Crippen LogP contribution in [0, 0.1) is 0 Å². The Labute approximate surface area is 129 Å². The molecule has 2 unspecified atom stereocenters. The van der Waals surface area contributed by atoms with E-state index >= 15 is 0 Å². The summed E-state index contributed by atoms with van der Waals surface area (Å²) in [6.45, 7) is -0.508. The van der Waals surface area contributed by atoms with Crippen LogP contribution in [0.5, 0.6) is 0 Å². The summed E-state index contributed by atoms with van der Waals surface area (Å²) in [6.07, 6.45) is -1.72. The number of esters is 1. The van der Waals surface area contributed by atoms with Gasteiger partial charge in [0.2, 0.25) is 0 Å². The number of anilines is 1. The lowest BCUT2D eigenvalue weighted by atomic mass is 10.1. The molecule has 6 N–H and O–H groups in total. The molecule has 0 aromatic carbocycles. The van der Waals surface area contributed by atoms with Crippen LogP contribution < -0.4 is 11.5 Å². The van der Waals surface area contributed by atoms with Crippen molar-refractivity contribution >= 4 is 23.0 Å². The van der Waals surface area contributed by atoms with E-state index in [1.54, 1.807) is 0 Å². The van der Waals surface area contributed by atoms with Crippen molar-refractivity contribution in [1.82, 2.24) is 19.5 Å². The van der Waals surface area contributed by atoms with E-state index in [1.165, 1.54) is 17.2 Å². The van der Waals surface area contributed by atoms with Gasteiger partial charge in [-0.25, -0.2) is 15.0 Å². The van der Waals surface area contributed by atoms with E-state index in [9.17, 15) is 15.0 Å². The summed E-state index contributed by atoms with van der Waals surface area (Å²) >= 11 is 0. The number of carbonyl (C=O) groups excluding carboxylic acids is 1. The molecule has 0 bridgehead atoms. The molecule has 2 aromatic heterocycles. The molecule has 11 nitrogen and oxygen atoms in total. The minimum atomic E-state index is -1.26. The Bertz CT molecular complexity index is 721. The average molecular weight is 324 g/mol. The second-order valence-electron chi connectivity index (χ2n) is 5.02. The molecule has 11 heteroatoms. The Hall–Kier alpha value is -2.34. The van der Waals surface area contributed by atoms with Crippen LogP contribution in [-0.4, -0.2) is 67.2 Å². The summed E-state index contributed by atoms with van der Waals surface area (Å²) < 4.78 is 11.8. The van der Waals surface area contributed by atoms with Crippen molar-refractivity contribution in [2.75, 3.05) is 18.9 Å². The SMILES string of the molecule is NCC(=O)OC[C@H]1O[C@@H](n2cnc3c(N)ncnc32)C(O)C1O. The fraction of sp³-hybridized carbons (Fsp3) is 0.500. The van der Waals surface area contributed by atoms with E-state index in [1.807, 2.05) is 0 Å². The summed E-state index contributed by atoms with van der Waals surface area (Å²) in [6, 6.07) is 0. The van der Waals surface area contributed by atoms with E-state index in [-0.39, 0.29) is 19.0 Å². The second-order valence-corrected chi connectivity index (χ2v) is 5.02. The molecule has 0 amide bonds. The molecular weight excluding hydrogens is 308 g/mol. The third-order valence-electron chi connectivity index (χ3n) is 3.57. The Morgan fingerprint density at radius 1 is 1.35 bits per heavy atom. The van der Waals surface area contributed by atoms with Gasteiger partial charge in [-0.3, -0.25) is 9.36 Å². The van der Waals surface area contributed by atoms with Crippen LogP contribution in [0.2, 0.25) is 0 Å². The number of aliphatic hydroxyl groups excluding tert-OH is 2. The number of imidazole rings is 1. The van der Waals surface area contributed by atoms with Crippen LogP contribution in [0.25, 0.3) is 11.2 Å². The maximum absolute atomic E-state index is 11.1. The molecule has 0 radical (unpaired) electrons. The van der Waals surface area contributed by atoms with Gasteiger partial charge in [-0.2, -0.15) is 0 Å². The van der Waals surface area contributed by atoms with Gasteiger partial charge in [-0.05, 0) is 0 Å². The Morgan fingerprint density at radius 2 is 2.13 bits per heavy atom. The molecule has 4 atom stereocenters. The summed E-state index contributed by atoms with van der Waals surface area (Å²) in [4.78, 5) is 23.0. The van der Waals surface area contributed by atoms with Crippen molar-refractivity contribution in [3.8, 4) is 0 Å². The smallest absolute Gasteiger partial charge is 0.319 e. The van der Waals surface area contributed by atoms with Crippen molar-refractivity contribution in [2.45, 2.75) is 24.5 Å². The molecule has 1 fully saturated rings. The first kappa shape index (κ1) is 15.6. The molecular formula is C12H16N6O5. The molecule has 2 aromatic rings. The first-order valence-corrected chi connectivity index (χ1v) is 6.83. The highest BCUT2D eigenvalue weighted by molar-refractivity contribution is 5.81. The number of hydrogen-bond acceptors (Lipinski definition) is 10. The number of aliphatic hydroxyl groups is 2. The fourth-order valence-electron chi connectivity index (χ4n) is 2.39. The number of rotatable bonds is 4. The number of fused-ring (bicyclic) bond motifs is 1. The summed E-state index contributed by atoms with van der Waals surface area (Å²) in [5.74, 6) is -0.442. The van der Waals surface area contributed by atoms with Gasteiger partial charge >= 0.3 is 5.97 Å². The van der Waals surface area contributed by atoms with E-state index in [0.29, 0.717) is 11.2 Å². The summed E-state index contributed by atoms with van der Waals surface area (Å²) in [5, 5.41) is 20.2. The van der Waals surface area contributed by atoms with Gasteiger partial charge < -0.3 is 31.2 Å². The molecule has 23 heavy (non-hydrogen) atoms. The largest absolute Gasteiger partial charge is 0.462 e. The van der Waals surface area contributed by atoms with Crippen molar-refractivity contribution in [2.24, 2.45) is 5.73 Å². The standard InChI is InChI=1S/C12H16N6O5/c13-1-6(19)22-2-5-8(20)9(21)12(23-5)18-4-17-7-10(14)15-3-16-11(7)18/h3-5,8-9,12,20-21H,1-2,13H2,(H2,14,15,16)/t5-,8?,9?,12-/m1/s1. The van der Waals surface area contributed by atoms with Gasteiger partial charge in [0.25, 0.3) is 0 Å². The third kappa shape index (κ3) is 2.70. The molecule has 1 aliphatic heterocycles. The topological polar surface area (TPSA) is 172 Å². The second kappa shape index (κ2) is 6.04. The van der Waals surface area contributed by atoms with Gasteiger partial charge in [-0.15, -0.1) is 0 Å². The van der Waals surface area contributed by atoms with Crippen molar-refractivity contribution in [3.05, 3.63) is 12.7 Å². The highest BCUT2D eigenvalue weighted by Crippen LogP contribution is 2.32. The van der Waals surface area contributed by atoms with Crippen molar-refractivity contribution in [3.63, 3.8) is 0 Å². The molecule has 0 spiro atoms. The van der Waals surface area contributed by atoms with E-state index in [4.69, 9.17) is 20.9 Å². The zero-order valence-electron chi connectivity index (χ0n) is 11.9. The lowest BCUT2D eigenvalue weighted by molar-refractivity contribution is -0.148. The molecule has 1 saturated heterocycles. The highest BCUT2D eigenvalue weighted by Gasteiger charge is 2.44. The van der Waals surface area contributed by atoms with Crippen LogP contribution in [0.4, 0.5) is 5.82 Å². The zero-order chi connectivity index (χ0) is 16.6. The lowest BCUT2D eigenvalue weighted by Crippen LogP contribution is -2.35. The van der Waals surface area contributed by atoms with Crippen molar-refractivity contribution in [1.29, 1.82) is 0 Å². The molecule has 124 valence electrons. The average Bonchev–Trinajstić information content (AvgIpc) is 3.09. The number of nitrogens with zero attached hydrogens (tertiary/aromatic N) is 4. The lowest BCUT2D eigenvalue weighted by Gasteiger charge is -2.16. The zero-order valence-corrected chi connectivity index (χ0v) is 11.9. The van der Waals surface area contributed by atoms with Gasteiger partial charge in [0.05, 0.1) is 12.9 Å². The minimum Gasteiger partial charge on any atom is -0.462 e. The van der Waals surface area contributed by atoms with Crippen LogP contribution in [-0.2, 0) is 14.3 Å². The van der Waals surface area contributed by atoms with Crippen LogP contribution in [0.1, 0.15) is 6.23 Å². The van der Waals surface area contributed by atoms with E-state index in [2.05, 4.69) is 15.0 Å². The Morgan fingerprint density at radius 3 is 2.87 bits per heavy atom. The maximum Gasteiger partial charge on any atom is 0.319 e. The molecule has 3 rings (SSSR count). The highest BCUT2D eigenvalue weighted by atomic mass is 16.6. The van der Waals surface area contributed by atoms with Crippen LogP contribution in [0.3, 0.4) is 0 Å². The van der Waals surface area contributed by atoms with Crippen molar-refractivity contribution < 1.29 is 24.5 Å². The Kier molecular flexibility index (Phi) is 4.09. The number of nitrogen functional groups attached to an aromatic ring is 1. The Balaban J connectivity index is 1.82. The third-order valence-corrected chi connectivity index (χ3v) is 3.57. The number of ether oxygens (including phenoxy) is 2. The summed E-state index contributed by atoms with van der Waals surface area (Å²) in [5.41, 5.74) is 11.6. The molecule has 0 saturated carbocycles. The van der Waals surface area contributed by atoms with E-state index in [0.717, 1.165) is 0 Å². The summed E-state index contributed by atoms with van der Waals surface area (Å²) in [7, 11) is 0. The molecule has 3 heterocycles. The number of nitrogens with two attached hydrogens (primary N) is 2. The van der Waals surface area contributed by atoms with Gasteiger partial charge in [0.1, 0.15) is 36.8 Å². The predicted molar refractivity (Wildman–Crippen MR) is 75.7 cm³/mol. The first-order valence-electron chi connectivity index (χ1n) is 6.83. The fourth-order valence-corrected chi connectivity index (χ4v) is 2.39. The first-order chi connectivity index (χ1) is 11.0. The normalized spacial score (nSPS) is 27.4. The molecule has 0 aliphatic carbocycles. The number of carbonyl (C=O) groups is 1. The quantitative estimate of drug-likeness (QED) is 0.441. The van der Waals surface area contributed by atoms with Crippen LogP contribution in [0.15, 0.2) is 12.7 Å². The number of hydrogen-bond donors (Lipinski definition) is 4. The van der Waals surface area contributed by atoms with Gasteiger partial charge in [0.15, 0.2) is 17.7 Å². The predicted octanol–water partition coefficient (Wildman–Crippen LogP) is -2.47. The monoisotopic (exact) mass is 324 g/mol. The minimum absolute atomic E-state index is 0.190. The van der Waals surface area contributed by atoms with Gasteiger partial charge in [0, 0.05) is 0 Å². The van der Waals surface area contributed by atoms with Gasteiger partial charge in [-0.1, -0.05) is 0 Å². The van der Waals surface area contributed by atoms with Crippen LogP contribution >= 0.6 is 0 Å².